The summed E-state index contributed by atoms with van der Waals surface area (Å²) in [6.07, 6.45) is 4.13. The van der Waals surface area contributed by atoms with E-state index in [1.165, 1.54) is 6.33 Å². The molecule has 11 heteroatoms. The van der Waals surface area contributed by atoms with Crippen molar-refractivity contribution in [3.05, 3.63) is 40.7 Å². The van der Waals surface area contributed by atoms with Gasteiger partial charge in [0.05, 0.1) is 23.8 Å². The van der Waals surface area contributed by atoms with Gasteiger partial charge in [0.2, 0.25) is 22.9 Å². The molecule has 2 saturated heterocycles. The van der Waals surface area contributed by atoms with Crippen LogP contribution in [0.15, 0.2) is 24.5 Å². The highest BCUT2D eigenvalue weighted by Crippen LogP contribution is 2.45. The molecule has 0 atom stereocenters. The topological polar surface area (TPSA) is 106 Å². The third-order valence-corrected chi connectivity index (χ3v) is 7.25. The van der Waals surface area contributed by atoms with E-state index in [0.29, 0.717) is 34.9 Å². The van der Waals surface area contributed by atoms with Gasteiger partial charge in [0, 0.05) is 25.6 Å². The fraction of sp³-hybridized carbons (Fsp3) is 0.583. The molecule has 0 bridgehead atoms. The molecule has 1 aromatic heterocycles. The number of likely N-dealkylation sites (tertiary alicyclic amines) is 1. The Kier molecular flexibility index (Phi) is 8.75. The molecule has 0 unspecified atom stereocenters. The first-order valence-electron chi connectivity index (χ1n) is 11.9. The summed E-state index contributed by atoms with van der Waals surface area (Å²) in [7, 11) is 0. The normalized spacial score (nSPS) is 20.7. The van der Waals surface area contributed by atoms with Crippen LogP contribution in [-0.4, -0.2) is 62.9 Å². The van der Waals surface area contributed by atoms with Crippen LogP contribution in [-0.2, 0) is 14.8 Å². The van der Waals surface area contributed by atoms with Crippen molar-refractivity contribution in [1.29, 1.82) is 0 Å². The standard InChI is InChI=1S/C24H34ClN3O6S/c1-16(2)12-28-8-6-20(7-9-28)33-23-17(3)24(27-15-26-23)34-22-5-4-18(11-21(22)25)10-19-13-31-35(29,30)32-14-19/h4-5,11,15-16,19-20,29-30H,6-10,12-14H2,1-3H3. The van der Waals surface area contributed by atoms with E-state index in [0.717, 1.165) is 43.6 Å². The van der Waals surface area contributed by atoms with Crippen LogP contribution in [0.25, 0.3) is 0 Å². The number of aromatic nitrogens is 2. The van der Waals surface area contributed by atoms with Gasteiger partial charge >= 0.3 is 0 Å². The molecule has 2 aliphatic rings. The molecule has 194 valence electrons. The van der Waals surface area contributed by atoms with Crippen molar-refractivity contribution in [2.75, 3.05) is 32.8 Å². The molecule has 2 N–H and O–H groups in total. The molecule has 0 radical (unpaired) electrons. The van der Waals surface area contributed by atoms with Gasteiger partial charge in [-0.25, -0.2) is 9.97 Å². The maximum absolute atomic E-state index is 9.39. The van der Waals surface area contributed by atoms with Crippen molar-refractivity contribution in [2.45, 2.75) is 46.1 Å². The van der Waals surface area contributed by atoms with Crippen LogP contribution in [0.5, 0.6) is 17.5 Å². The van der Waals surface area contributed by atoms with Gasteiger partial charge in [-0.05, 0) is 49.8 Å². The molecule has 3 heterocycles. The Hall–Kier alpha value is -1.66. The second-order valence-corrected chi connectivity index (χ2v) is 11.3. The number of ether oxygens (including phenoxy) is 2. The predicted molar refractivity (Wildman–Crippen MR) is 135 cm³/mol. The third-order valence-electron chi connectivity index (χ3n) is 6.07. The lowest BCUT2D eigenvalue weighted by Crippen LogP contribution is -2.40. The summed E-state index contributed by atoms with van der Waals surface area (Å²) in [5, 5.41) is 0.447. The Bertz CT molecular complexity index is 993. The minimum atomic E-state index is -3.35. The van der Waals surface area contributed by atoms with Gasteiger partial charge in [-0.15, -0.1) is 0 Å². The second kappa shape index (κ2) is 11.6. The van der Waals surface area contributed by atoms with E-state index in [1.807, 2.05) is 19.1 Å². The zero-order valence-corrected chi connectivity index (χ0v) is 21.9. The zero-order valence-electron chi connectivity index (χ0n) is 20.4. The summed E-state index contributed by atoms with van der Waals surface area (Å²) < 4.78 is 40.9. The first-order valence-corrected chi connectivity index (χ1v) is 13.7. The summed E-state index contributed by atoms with van der Waals surface area (Å²) in [4.78, 5) is 11.1. The van der Waals surface area contributed by atoms with Gasteiger partial charge < -0.3 is 14.4 Å². The molecule has 35 heavy (non-hydrogen) atoms. The van der Waals surface area contributed by atoms with E-state index in [4.69, 9.17) is 29.4 Å². The Labute approximate surface area is 213 Å². The van der Waals surface area contributed by atoms with Crippen LogP contribution in [0.4, 0.5) is 0 Å². The smallest absolute Gasteiger partial charge is 0.229 e. The molecule has 4 rings (SSSR count). The van der Waals surface area contributed by atoms with Gasteiger partial charge in [0.1, 0.15) is 18.2 Å². The fourth-order valence-corrected chi connectivity index (χ4v) is 5.34. The van der Waals surface area contributed by atoms with Gasteiger partial charge in [-0.3, -0.25) is 17.5 Å². The average molecular weight is 528 g/mol. The number of nitrogens with zero attached hydrogens (tertiary/aromatic N) is 3. The Balaban J connectivity index is 1.35. The molecule has 0 spiro atoms. The van der Waals surface area contributed by atoms with Gasteiger partial charge in [0.25, 0.3) is 0 Å². The first-order chi connectivity index (χ1) is 16.7. The van der Waals surface area contributed by atoms with E-state index in [9.17, 15) is 9.11 Å². The fourth-order valence-electron chi connectivity index (χ4n) is 4.29. The lowest BCUT2D eigenvalue weighted by molar-refractivity contribution is 0.0653. The zero-order chi connectivity index (χ0) is 25.0. The molecule has 2 aromatic rings. The SMILES string of the molecule is Cc1c(Oc2ccc(CC3COS(O)(O)OC3)cc2Cl)ncnc1OC1CCN(CC(C)C)CC1. The van der Waals surface area contributed by atoms with Crippen molar-refractivity contribution in [3.8, 4) is 17.5 Å². The van der Waals surface area contributed by atoms with Crippen LogP contribution in [0, 0.1) is 18.8 Å². The van der Waals surface area contributed by atoms with Gasteiger partial charge in [-0.1, -0.05) is 31.5 Å². The Morgan fingerprint density at radius 1 is 1.14 bits per heavy atom. The van der Waals surface area contributed by atoms with Crippen molar-refractivity contribution in [2.24, 2.45) is 11.8 Å². The minimum Gasteiger partial charge on any atom is -0.474 e. The monoisotopic (exact) mass is 527 g/mol. The molecule has 0 amide bonds. The molecular weight excluding hydrogens is 494 g/mol. The van der Waals surface area contributed by atoms with Crippen molar-refractivity contribution < 1.29 is 26.9 Å². The van der Waals surface area contributed by atoms with Crippen molar-refractivity contribution in [1.82, 2.24) is 14.9 Å². The number of rotatable bonds is 8. The maximum Gasteiger partial charge on any atom is 0.229 e. The largest absolute Gasteiger partial charge is 0.474 e. The van der Waals surface area contributed by atoms with Crippen LogP contribution >= 0.6 is 22.8 Å². The molecule has 0 aliphatic carbocycles. The van der Waals surface area contributed by atoms with E-state index in [1.54, 1.807) is 6.07 Å². The number of benzene rings is 1. The third kappa shape index (κ3) is 7.42. The van der Waals surface area contributed by atoms with Crippen LogP contribution < -0.4 is 9.47 Å². The van der Waals surface area contributed by atoms with E-state index in [2.05, 4.69) is 28.7 Å². The van der Waals surface area contributed by atoms with Crippen LogP contribution in [0.3, 0.4) is 0 Å². The van der Waals surface area contributed by atoms with Crippen LogP contribution in [0.2, 0.25) is 5.02 Å². The summed E-state index contributed by atoms with van der Waals surface area (Å²) in [5.41, 5.74) is 1.69. The molecule has 0 saturated carbocycles. The van der Waals surface area contributed by atoms with Crippen molar-refractivity contribution >= 4 is 22.8 Å². The quantitative estimate of drug-likeness (QED) is 0.459. The van der Waals surface area contributed by atoms with E-state index < -0.39 is 11.2 Å². The first kappa shape index (κ1) is 26.4. The Morgan fingerprint density at radius 2 is 1.83 bits per heavy atom. The summed E-state index contributed by atoms with van der Waals surface area (Å²) in [6, 6.07) is 5.53. The highest BCUT2D eigenvalue weighted by Gasteiger charge is 2.29. The van der Waals surface area contributed by atoms with Gasteiger partial charge in [-0.2, -0.15) is 0 Å². The van der Waals surface area contributed by atoms with Gasteiger partial charge in [0.15, 0.2) is 0 Å². The number of halogens is 1. The Morgan fingerprint density at radius 3 is 2.49 bits per heavy atom. The lowest BCUT2D eigenvalue weighted by atomic mass is 10.0. The lowest BCUT2D eigenvalue weighted by Gasteiger charge is -2.33. The minimum absolute atomic E-state index is 0.00110. The van der Waals surface area contributed by atoms with Crippen LogP contribution in [0.1, 0.15) is 37.8 Å². The second-order valence-electron chi connectivity index (χ2n) is 9.57. The van der Waals surface area contributed by atoms with E-state index in [-0.39, 0.29) is 25.2 Å². The summed E-state index contributed by atoms with van der Waals surface area (Å²) in [5.74, 6) is 2.08. The number of piperidine rings is 1. The highest BCUT2D eigenvalue weighted by atomic mass is 35.5. The van der Waals surface area contributed by atoms with Crippen molar-refractivity contribution in [3.63, 3.8) is 0 Å². The van der Waals surface area contributed by atoms with E-state index >= 15 is 0 Å². The number of hydrogen-bond acceptors (Lipinski definition) is 9. The number of hydrogen-bond donors (Lipinski definition) is 2. The predicted octanol–water partition coefficient (Wildman–Crippen LogP) is 5.52. The highest BCUT2D eigenvalue weighted by molar-refractivity contribution is 8.16. The molecule has 2 aliphatic heterocycles. The molecule has 9 nitrogen and oxygen atoms in total. The summed E-state index contributed by atoms with van der Waals surface area (Å²) in [6.45, 7) is 9.95. The molecular formula is C24H34ClN3O6S. The average Bonchev–Trinajstić information content (AvgIpc) is 2.80. The summed E-state index contributed by atoms with van der Waals surface area (Å²) >= 11 is 3.14. The maximum atomic E-state index is 9.39. The molecule has 2 fully saturated rings. The molecule has 1 aromatic carbocycles.